The van der Waals surface area contributed by atoms with E-state index in [9.17, 15) is 9.59 Å². The molecule has 2 aromatic rings. The van der Waals surface area contributed by atoms with E-state index in [4.69, 9.17) is 18.9 Å². The molecule has 206 valence electrons. The Morgan fingerprint density at radius 2 is 0.895 bits per heavy atom. The molecule has 2 rings (SSSR count). The zero-order chi connectivity index (χ0) is 28.8. The maximum Gasteiger partial charge on any atom is 0.186 e. The number of ketones is 2. The summed E-state index contributed by atoms with van der Waals surface area (Å²) >= 11 is 0. The van der Waals surface area contributed by atoms with Crippen molar-refractivity contribution < 1.29 is 28.5 Å². The minimum absolute atomic E-state index is 0.171. The third-order valence-electron chi connectivity index (χ3n) is 5.95. The topological polar surface area (TPSA) is 71.1 Å². The lowest BCUT2D eigenvalue weighted by Crippen LogP contribution is -2.42. The first-order valence-electron chi connectivity index (χ1n) is 12.7. The first-order chi connectivity index (χ1) is 17.5. The fourth-order valence-corrected chi connectivity index (χ4v) is 3.47. The van der Waals surface area contributed by atoms with Gasteiger partial charge in [-0.1, -0.05) is 37.4 Å². The monoisotopic (exact) mass is 522 g/mol. The smallest absolute Gasteiger partial charge is 0.186 e. The summed E-state index contributed by atoms with van der Waals surface area (Å²) in [6.45, 7) is 22.1. The van der Waals surface area contributed by atoms with Gasteiger partial charge < -0.3 is 18.9 Å². The standard InChI is InChI=1S/C32H42O6/c1-11-27(33)31(7,8)35-21-29(3,4)37-25-17-13-23(14-18-25)24-15-19-26(20-16-24)38-30(5,6)22-36-32(9,10)28(34)12-2/h11-20H,1-2,21-22H2,3-10H3. The molecular formula is C32H42O6. The number of hydrogen-bond acceptors (Lipinski definition) is 6. The van der Waals surface area contributed by atoms with Crippen LogP contribution in [-0.2, 0) is 19.1 Å². The molecule has 0 unspecified atom stereocenters. The van der Waals surface area contributed by atoms with E-state index >= 15 is 0 Å². The molecule has 0 bridgehead atoms. The van der Waals surface area contributed by atoms with Crippen molar-refractivity contribution in [2.24, 2.45) is 0 Å². The van der Waals surface area contributed by atoms with Gasteiger partial charge in [-0.3, -0.25) is 9.59 Å². The summed E-state index contributed by atoms with van der Waals surface area (Å²) < 4.78 is 23.9. The molecule has 0 fully saturated rings. The largest absolute Gasteiger partial charge is 0.485 e. The minimum Gasteiger partial charge on any atom is -0.485 e. The SMILES string of the molecule is C=CC(=O)C(C)(C)OCC(C)(C)Oc1ccc(-c2ccc(OC(C)(C)COC(C)(C)C(=O)C=C)cc2)cc1. The molecule has 0 radical (unpaired) electrons. The fourth-order valence-electron chi connectivity index (χ4n) is 3.47. The zero-order valence-electron chi connectivity index (χ0n) is 24.1. The Balaban J connectivity index is 1.99. The molecule has 0 N–H and O–H groups in total. The van der Waals surface area contributed by atoms with Gasteiger partial charge in [0, 0.05) is 0 Å². The number of carbonyl (C=O) groups is 2. The average molecular weight is 523 g/mol. The van der Waals surface area contributed by atoms with Crippen LogP contribution in [0.1, 0.15) is 55.4 Å². The molecule has 0 heterocycles. The van der Waals surface area contributed by atoms with E-state index in [-0.39, 0.29) is 24.8 Å². The number of hydrogen-bond donors (Lipinski definition) is 0. The maximum absolute atomic E-state index is 12.0. The highest BCUT2D eigenvalue weighted by molar-refractivity contribution is 5.96. The number of rotatable bonds is 15. The van der Waals surface area contributed by atoms with Crippen molar-refractivity contribution in [2.45, 2.75) is 77.8 Å². The fraction of sp³-hybridized carbons (Fsp3) is 0.438. The first-order valence-corrected chi connectivity index (χ1v) is 12.7. The quantitative estimate of drug-likeness (QED) is 0.240. The lowest BCUT2D eigenvalue weighted by molar-refractivity contribution is -0.142. The molecule has 0 atom stereocenters. The van der Waals surface area contributed by atoms with Crippen molar-refractivity contribution in [3.05, 3.63) is 73.8 Å². The van der Waals surface area contributed by atoms with E-state index in [1.807, 2.05) is 76.2 Å². The number of carbonyl (C=O) groups excluding carboxylic acids is 2. The van der Waals surface area contributed by atoms with E-state index in [0.29, 0.717) is 11.5 Å². The number of ether oxygens (including phenoxy) is 4. The summed E-state index contributed by atoms with van der Waals surface area (Å²) in [6, 6.07) is 15.6. The summed E-state index contributed by atoms with van der Waals surface area (Å²) in [5.41, 5.74) is -1.11. The molecule has 0 aliphatic carbocycles. The Hall–Kier alpha value is -3.22. The summed E-state index contributed by atoms with van der Waals surface area (Å²) in [5.74, 6) is 1.06. The second-order valence-electron chi connectivity index (χ2n) is 11.5. The van der Waals surface area contributed by atoms with Gasteiger partial charge in [-0.15, -0.1) is 0 Å². The van der Waals surface area contributed by atoms with Crippen LogP contribution >= 0.6 is 0 Å². The van der Waals surface area contributed by atoms with Crippen LogP contribution in [0.5, 0.6) is 11.5 Å². The lowest BCUT2D eigenvalue weighted by Gasteiger charge is -2.31. The highest BCUT2D eigenvalue weighted by atomic mass is 16.6. The third kappa shape index (κ3) is 8.96. The van der Waals surface area contributed by atoms with Gasteiger partial charge in [0.2, 0.25) is 0 Å². The van der Waals surface area contributed by atoms with Crippen molar-refractivity contribution in [2.75, 3.05) is 13.2 Å². The second kappa shape index (κ2) is 12.1. The number of benzene rings is 2. The average Bonchev–Trinajstić information content (AvgIpc) is 2.86. The first kappa shape index (κ1) is 31.0. The van der Waals surface area contributed by atoms with Gasteiger partial charge in [-0.25, -0.2) is 0 Å². The van der Waals surface area contributed by atoms with Gasteiger partial charge in [0.05, 0.1) is 13.2 Å². The van der Waals surface area contributed by atoms with Crippen LogP contribution < -0.4 is 9.47 Å². The molecule has 6 heteroatoms. The Bertz CT molecular complexity index is 1030. The van der Waals surface area contributed by atoms with Crippen molar-refractivity contribution in [1.82, 2.24) is 0 Å². The predicted molar refractivity (Wildman–Crippen MR) is 152 cm³/mol. The van der Waals surface area contributed by atoms with Crippen molar-refractivity contribution >= 4 is 11.6 Å². The third-order valence-corrected chi connectivity index (χ3v) is 5.95. The van der Waals surface area contributed by atoms with Gasteiger partial charge >= 0.3 is 0 Å². The maximum atomic E-state index is 12.0. The highest BCUT2D eigenvalue weighted by Gasteiger charge is 2.31. The Morgan fingerprint density at radius 3 is 1.16 bits per heavy atom. The molecule has 0 aromatic heterocycles. The van der Waals surface area contributed by atoms with E-state index in [1.54, 1.807) is 27.7 Å². The second-order valence-corrected chi connectivity index (χ2v) is 11.5. The van der Waals surface area contributed by atoms with Crippen LogP contribution in [-0.4, -0.2) is 47.2 Å². The van der Waals surface area contributed by atoms with Gasteiger partial charge in [0.1, 0.15) is 33.9 Å². The summed E-state index contributed by atoms with van der Waals surface area (Å²) in [4.78, 5) is 23.9. The van der Waals surface area contributed by atoms with Crippen LogP contribution in [0.25, 0.3) is 11.1 Å². The van der Waals surface area contributed by atoms with Crippen LogP contribution in [0.3, 0.4) is 0 Å². The molecule has 2 aromatic carbocycles. The predicted octanol–water partition coefficient (Wildman–Crippen LogP) is 6.77. The van der Waals surface area contributed by atoms with Crippen molar-refractivity contribution in [3.8, 4) is 22.6 Å². The minimum atomic E-state index is -0.953. The molecule has 38 heavy (non-hydrogen) atoms. The molecule has 0 saturated heterocycles. The van der Waals surface area contributed by atoms with E-state index in [0.717, 1.165) is 11.1 Å². The zero-order valence-corrected chi connectivity index (χ0v) is 24.1. The Morgan fingerprint density at radius 1 is 0.605 bits per heavy atom. The van der Waals surface area contributed by atoms with Crippen molar-refractivity contribution in [1.29, 1.82) is 0 Å². The van der Waals surface area contributed by atoms with Crippen LogP contribution in [0, 0.1) is 0 Å². The normalized spacial score (nSPS) is 12.5. The van der Waals surface area contributed by atoms with Crippen LogP contribution in [0.15, 0.2) is 73.8 Å². The summed E-state index contributed by atoms with van der Waals surface area (Å²) in [5, 5.41) is 0. The van der Waals surface area contributed by atoms with E-state index < -0.39 is 22.4 Å². The molecule has 0 aliphatic rings. The van der Waals surface area contributed by atoms with Gasteiger partial charge in [0.15, 0.2) is 11.6 Å². The molecule has 6 nitrogen and oxygen atoms in total. The molecule has 0 spiro atoms. The molecule has 0 aliphatic heterocycles. The van der Waals surface area contributed by atoms with Gasteiger partial charge in [0.25, 0.3) is 0 Å². The molecule has 0 saturated carbocycles. The van der Waals surface area contributed by atoms with E-state index in [2.05, 4.69) is 13.2 Å². The highest BCUT2D eigenvalue weighted by Crippen LogP contribution is 2.28. The van der Waals surface area contributed by atoms with Crippen molar-refractivity contribution in [3.63, 3.8) is 0 Å². The van der Waals surface area contributed by atoms with Gasteiger partial charge in [-0.05, 0) is 103 Å². The van der Waals surface area contributed by atoms with Crippen LogP contribution in [0.4, 0.5) is 0 Å². The molecule has 0 amide bonds. The lowest BCUT2D eigenvalue weighted by atomic mass is 10.0. The summed E-state index contributed by atoms with van der Waals surface area (Å²) in [7, 11) is 0. The van der Waals surface area contributed by atoms with Gasteiger partial charge in [-0.2, -0.15) is 0 Å². The Kier molecular flexibility index (Phi) is 9.87. The van der Waals surface area contributed by atoms with E-state index in [1.165, 1.54) is 12.2 Å². The Labute approximate surface area is 227 Å². The van der Waals surface area contributed by atoms with Crippen LogP contribution in [0.2, 0.25) is 0 Å². The summed E-state index contributed by atoms with van der Waals surface area (Å²) in [6.07, 6.45) is 2.55. The molecular weight excluding hydrogens is 480 g/mol.